The van der Waals surface area contributed by atoms with Gasteiger partial charge in [0.25, 0.3) is 5.91 Å². The first-order valence-electron chi connectivity index (χ1n) is 4.91. The molecule has 1 amide bonds. The molecule has 2 rings (SSSR count). The number of hydrogen-bond donors (Lipinski definition) is 1. The molecule has 0 atom stereocenters. The van der Waals surface area contributed by atoms with E-state index in [1.54, 1.807) is 6.07 Å². The van der Waals surface area contributed by atoms with Gasteiger partial charge in [-0.15, -0.1) is 0 Å². The van der Waals surface area contributed by atoms with Gasteiger partial charge in [-0.3, -0.25) is 14.4 Å². The van der Waals surface area contributed by atoms with Gasteiger partial charge in [-0.2, -0.15) is 0 Å². The number of nitrogens with one attached hydrogen (secondary N) is 1. The Balaban J connectivity index is 2.16. The fourth-order valence-electron chi connectivity index (χ4n) is 1.48. The maximum atomic E-state index is 11.8. The lowest BCUT2D eigenvalue weighted by Crippen LogP contribution is -2.36. The quantitative estimate of drug-likeness (QED) is 0.732. The van der Waals surface area contributed by atoms with Crippen LogP contribution in [0.2, 0.25) is 0 Å². The molecule has 15 heavy (non-hydrogen) atoms. The average Bonchev–Trinajstić information content (AvgIpc) is 2.29. The van der Waals surface area contributed by atoms with Crippen molar-refractivity contribution in [2.45, 2.75) is 12.8 Å². The smallest absolute Gasteiger partial charge is 0.277 e. The first-order valence-corrected chi connectivity index (χ1v) is 4.91. The molecule has 0 saturated carbocycles. The van der Waals surface area contributed by atoms with Gasteiger partial charge >= 0.3 is 0 Å². The van der Waals surface area contributed by atoms with E-state index in [9.17, 15) is 9.59 Å². The summed E-state index contributed by atoms with van der Waals surface area (Å²) in [7, 11) is 0. The number of H-pyrrole nitrogens is 1. The molecule has 1 aromatic heterocycles. The summed E-state index contributed by atoms with van der Waals surface area (Å²) in [4.78, 5) is 30.5. The van der Waals surface area contributed by atoms with E-state index < -0.39 is 0 Å². The number of rotatable bonds is 1. The van der Waals surface area contributed by atoms with Gasteiger partial charge < -0.3 is 4.98 Å². The van der Waals surface area contributed by atoms with E-state index in [0.717, 1.165) is 12.8 Å². The molecule has 5 nitrogen and oxygen atoms in total. The summed E-state index contributed by atoms with van der Waals surface area (Å²) >= 11 is 0. The maximum Gasteiger partial charge on any atom is 0.277 e. The highest BCUT2D eigenvalue weighted by molar-refractivity contribution is 5.93. The summed E-state index contributed by atoms with van der Waals surface area (Å²) in [5.74, 6) is -0.249. The van der Waals surface area contributed by atoms with Crippen LogP contribution in [0.15, 0.2) is 23.1 Å². The monoisotopic (exact) mass is 208 g/mol. The summed E-state index contributed by atoms with van der Waals surface area (Å²) in [5.41, 5.74) is 0.0820. The Morgan fingerprint density at radius 2 is 2.33 bits per heavy atom. The van der Waals surface area contributed by atoms with Crippen molar-refractivity contribution < 1.29 is 9.63 Å². The van der Waals surface area contributed by atoms with Crippen molar-refractivity contribution in [2.24, 2.45) is 0 Å². The van der Waals surface area contributed by atoms with Crippen LogP contribution in [0.5, 0.6) is 0 Å². The van der Waals surface area contributed by atoms with Crippen LogP contribution < -0.4 is 5.56 Å². The van der Waals surface area contributed by atoms with Crippen molar-refractivity contribution in [3.8, 4) is 0 Å². The Bertz CT molecular complexity index is 407. The number of hydrogen-bond acceptors (Lipinski definition) is 3. The summed E-state index contributed by atoms with van der Waals surface area (Å²) < 4.78 is 0. The molecule has 1 aromatic rings. The van der Waals surface area contributed by atoms with Crippen LogP contribution in [0.25, 0.3) is 0 Å². The van der Waals surface area contributed by atoms with Crippen molar-refractivity contribution >= 4 is 5.91 Å². The van der Waals surface area contributed by atoms with E-state index in [0.29, 0.717) is 18.7 Å². The lowest BCUT2D eigenvalue weighted by Gasteiger charge is -2.25. The standard InChI is InChI=1S/C10H12N2O3/c13-9-7-8(3-4-11-9)10(14)12-5-1-2-6-15-12/h3-4,7H,1-2,5-6H2,(H,11,13). The van der Waals surface area contributed by atoms with E-state index in [2.05, 4.69) is 4.98 Å². The van der Waals surface area contributed by atoms with Crippen molar-refractivity contribution in [3.63, 3.8) is 0 Å². The van der Waals surface area contributed by atoms with Crippen molar-refractivity contribution in [1.29, 1.82) is 0 Å². The minimum atomic E-state index is -0.280. The molecule has 1 N–H and O–H groups in total. The summed E-state index contributed by atoms with van der Waals surface area (Å²) in [6.45, 7) is 1.15. The van der Waals surface area contributed by atoms with Crippen molar-refractivity contribution in [1.82, 2.24) is 10.0 Å². The zero-order chi connectivity index (χ0) is 10.7. The van der Waals surface area contributed by atoms with Crippen LogP contribution in [-0.4, -0.2) is 29.1 Å². The van der Waals surface area contributed by atoms with Gasteiger partial charge in [-0.1, -0.05) is 0 Å². The second-order valence-electron chi connectivity index (χ2n) is 3.39. The van der Waals surface area contributed by atoms with Gasteiger partial charge in [-0.25, -0.2) is 5.06 Å². The predicted molar refractivity (Wildman–Crippen MR) is 53.3 cm³/mol. The molecule has 1 fully saturated rings. The molecule has 0 aliphatic carbocycles. The molecule has 80 valence electrons. The second-order valence-corrected chi connectivity index (χ2v) is 3.39. The van der Waals surface area contributed by atoms with Gasteiger partial charge in [0, 0.05) is 24.4 Å². The number of amides is 1. The summed E-state index contributed by atoms with van der Waals surface area (Å²) in [6, 6.07) is 2.85. The van der Waals surface area contributed by atoms with E-state index in [-0.39, 0.29) is 11.5 Å². The fourth-order valence-corrected chi connectivity index (χ4v) is 1.48. The van der Waals surface area contributed by atoms with E-state index in [1.807, 2.05) is 0 Å². The SMILES string of the molecule is O=C(c1cc[nH]c(=O)c1)N1CCCCO1. The molecule has 0 spiro atoms. The third kappa shape index (κ3) is 2.24. The Morgan fingerprint density at radius 3 is 3.00 bits per heavy atom. The minimum absolute atomic E-state index is 0.249. The molecule has 0 aromatic carbocycles. The van der Waals surface area contributed by atoms with Crippen LogP contribution in [0.4, 0.5) is 0 Å². The Kier molecular flexibility index (Phi) is 2.82. The molecular weight excluding hydrogens is 196 g/mol. The topological polar surface area (TPSA) is 62.4 Å². The first-order chi connectivity index (χ1) is 7.27. The molecule has 0 unspecified atom stereocenters. The van der Waals surface area contributed by atoms with Crippen LogP contribution in [-0.2, 0) is 4.84 Å². The molecule has 5 heteroatoms. The number of aromatic nitrogens is 1. The summed E-state index contributed by atoms with van der Waals surface area (Å²) in [6.07, 6.45) is 3.37. The van der Waals surface area contributed by atoms with Crippen LogP contribution >= 0.6 is 0 Å². The number of nitrogens with zero attached hydrogens (tertiary/aromatic N) is 1. The van der Waals surface area contributed by atoms with Crippen LogP contribution in [0.1, 0.15) is 23.2 Å². The molecule has 0 bridgehead atoms. The van der Waals surface area contributed by atoms with Gasteiger partial charge in [0.1, 0.15) is 0 Å². The summed E-state index contributed by atoms with van der Waals surface area (Å²) in [5, 5.41) is 1.32. The van der Waals surface area contributed by atoms with Gasteiger partial charge in [0.15, 0.2) is 0 Å². The van der Waals surface area contributed by atoms with Gasteiger partial charge in [0.2, 0.25) is 5.56 Å². The lowest BCUT2D eigenvalue weighted by atomic mass is 10.2. The molecule has 1 aliphatic heterocycles. The van der Waals surface area contributed by atoms with Gasteiger partial charge in [-0.05, 0) is 18.9 Å². The van der Waals surface area contributed by atoms with E-state index in [1.165, 1.54) is 17.3 Å². The number of pyridine rings is 1. The highest BCUT2D eigenvalue weighted by Gasteiger charge is 2.19. The highest BCUT2D eigenvalue weighted by atomic mass is 16.7. The Morgan fingerprint density at radius 1 is 1.47 bits per heavy atom. The van der Waals surface area contributed by atoms with Crippen LogP contribution in [0.3, 0.4) is 0 Å². The number of aromatic amines is 1. The van der Waals surface area contributed by atoms with E-state index >= 15 is 0 Å². The third-order valence-corrected chi connectivity index (χ3v) is 2.25. The number of hydroxylamine groups is 2. The van der Waals surface area contributed by atoms with Crippen molar-refractivity contribution in [2.75, 3.05) is 13.2 Å². The molecular formula is C10H12N2O3. The largest absolute Gasteiger partial charge is 0.329 e. The Labute approximate surface area is 86.6 Å². The molecule has 2 heterocycles. The number of carbonyl (C=O) groups excluding carboxylic acids is 1. The minimum Gasteiger partial charge on any atom is -0.329 e. The second kappa shape index (κ2) is 4.27. The molecule has 0 radical (unpaired) electrons. The normalized spacial score (nSPS) is 16.4. The third-order valence-electron chi connectivity index (χ3n) is 2.25. The van der Waals surface area contributed by atoms with E-state index in [4.69, 9.17) is 4.84 Å². The molecule has 1 aliphatic rings. The molecule has 1 saturated heterocycles. The highest BCUT2D eigenvalue weighted by Crippen LogP contribution is 2.09. The predicted octanol–water partition coefficient (Wildman–Crippen LogP) is 0.542. The zero-order valence-corrected chi connectivity index (χ0v) is 8.23. The fraction of sp³-hybridized carbons (Fsp3) is 0.400. The first kappa shape index (κ1) is 9.92. The maximum absolute atomic E-state index is 11.8. The number of carbonyl (C=O) groups is 1. The average molecular weight is 208 g/mol. The van der Waals surface area contributed by atoms with Crippen LogP contribution in [0, 0.1) is 0 Å². The lowest BCUT2D eigenvalue weighted by molar-refractivity contribution is -0.144. The Hall–Kier alpha value is -1.62. The zero-order valence-electron chi connectivity index (χ0n) is 8.23. The van der Waals surface area contributed by atoms with Gasteiger partial charge in [0.05, 0.1) is 6.61 Å². The van der Waals surface area contributed by atoms with Crippen molar-refractivity contribution in [3.05, 3.63) is 34.2 Å².